The van der Waals surface area contributed by atoms with Gasteiger partial charge >= 0.3 is 0 Å². The van der Waals surface area contributed by atoms with Crippen molar-refractivity contribution < 1.29 is 8.42 Å². The Hall–Kier alpha value is -2.79. The number of rotatable bonds is 2. The summed E-state index contributed by atoms with van der Waals surface area (Å²) in [5.74, 6) is 0.0944. The van der Waals surface area contributed by atoms with Crippen LogP contribution in [0, 0.1) is 19.8 Å². The number of hydrogen-bond donors (Lipinski definition) is 1. The molecule has 2 atom stereocenters. The molecule has 0 amide bonds. The van der Waals surface area contributed by atoms with Gasteiger partial charge in [-0.1, -0.05) is 67.4 Å². The van der Waals surface area contributed by atoms with Crippen molar-refractivity contribution in [3.8, 4) is 0 Å². The Morgan fingerprint density at radius 1 is 0.935 bits per heavy atom. The van der Waals surface area contributed by atoms with Crippen LogP contribution in [0.3, 0.4) is 0 Å². The van der Waals surface area contributed by atoms with Crippen molar-refractivity contribution >= 4 is 21.4 Å². The minimum absolute atomic E-state index is 0.0610. The summed E-state index contributed by atoms with van der Waals surface area (Å²) in [4.78, 5) is 0.337. The lowest BCUT2D eigenvalue weighted by Gasteiger charge is -2.51. The summed E-state index contributed by atoms with van der Waals surface area (Å²) in [6.07, 6.45) is 0. The summed E-state index contributed by atoms with van der Waals surface area (Å²) in [5, 5.41) is 3.74. The van der Waals surface area contributed by atoms with E-state index >= 15 is 0 Å². The van der Waals surface area contributed by atoms with Crippen molar-refractivity contribution in [3.63, 3.8) is 0 Å². The van der Waals surface area contributed by atoms with Crippen molar-refractivity contribution in [1.29, 1.82) is 0 Å². The number of sulfonamides is 1. The fourth-order valence-electron chi connectivity index (χ4n) is 5.15. The topological polar surface area (TPSA) is 49.4 Å². The van der Waals surface area contributed by atoms with E-state index in [-0.39, 0.29) is 17.4 Å². The van der Waals surface area contributed by atoms with Gasteiger partial charge in [-0.25, -0.2) is 8.42 Å². The van der Waals surface area contributed by atoms with Crippen molar-refractivity contribution in [2.45, 2.75) is 44.0 Å². The third-order valence-corrected chi connectivity index (χ3v) is 8.82. The number of benzene rings is 3. The minimum atomic E-state index is -3.67. The molecule has 0 aliphatic carbocycles. The molecule has 160 valence electrons. The number of aryl methyl sites for hydroxylation is 2. The van der Waals surface area contributed by atoms with Gasteiger partial charge in [0.25, 0.3) is 10.0 Å². The van der Waals surface area contributed by atoms with Crippen LogP contribution >= 0.6 is 0 Å². The molecule has 5 rings (SSSR count). The number of hydrogen-bond acceptors (Lipinski definition) is 3. The first kappa shape index (κ1) is 20.1. The first-order valence-corrected chi connectivity index (χ1v) is 12.2. The fraction of sp³-hybridized carbons (Fsp3) is 0.308. The van der Waals surface area contributed by atoms with Crippen LogP contribution in [0.15, 0.2) is 71.6 Å². The second-order valence-corrected chi connectivity index (χ2v) is 11.3. The summed E-state index contributed by atoms with van der Waals surface area (Å²) >= 11 is 0. The highest BCUT2D eigenvalue weighted by Crippen LogP contribution is 2.53. The average Bonchev–Trinajstić information content (AvgIpc) is 2.74. The second-order valence-electron chi connectivity index (χ2n) is 9.41. The molecule has 0 bridgehead atoms. The Kier molecular flexibility index (Phi) is 4.45. The fourth-order valence-corrected chi connectivity index (χ4v) is 6.67. The van der Waals surface area contributed by atoms with E-state index in [4.69, 9.17) is 0 Å². The highest BCUT2D eigenvalue weighted by molar-refractivity contribution is 7.92. The predicted octanol–water partition coefficient (Wildman–Crippen LogP) is 5.57. The zero-order valence-electron chi connectivity index (χ0n) is 18.4. The monoisotopic (exact) mass is 432 g/mol. The molecule has 5 heteroatoms. The van der Waals surface area contributed by atoms with Gasteiger partial charge in [-0.2, -0.15) is 0 Å². The number of anilines is 2. The van der Waals surface area contributed by atoms with Gasteiger partial charge in [-0.3, -0.25) is 4.31 Å². The Labute approximate surface area is 185 Å². The van der Waals surface area contributed by atoms with Crippen molar-refractivity contribution in [2.75, 3.05) is 16.2 Å². The molecule has 0 saturated heterocycles. The quantitative estimate of drug-likeness (QED) is 0.576. The molecule has 0 aromatic heterocycles. The highest BCUT2D eigenvalue weighted by atomic mass is 32.2. The van der Waals surface area contributed by atoms with Gasteiger partial charge in [-0.15, -0.1) is 0 Å². The molecule has 4 nitrogen and oxygen atoms in total. The summed E-state index contributed by atoms with van der Waals surface area (Å²) in [5.41, 5.74) is 6.26. The minimum Gasteiger partial charge on any atom is -0.378 e. The SMILES string of the molecule is Cc1ccc(S(=O)(=O)N2C[C@@H]3[C@@H](Nc4ccc(C)cc4C3(C)C)c3ccccc32)cc1. The number of nitrogens with one attached hydrogen (secondary N) is 1. The number of nitrogens with zero attached hydrogens (tertiary/aromatic N) is 1. The molecule has 0 radical (unpaired) electrons. The van der Waals surface area contributed by atoms with E-state index in [1.165, 1.54) is 11.1 Å². The molecule has 0 fully saturated rings. The van der Waals surface area contributed by atoms with Crippen LogP contribution in [-0.4, -0.2) is 15.0 Å². The standard InChI is InChI=1S/C26H28N2O2S/c1-17-9-12-19(13-10-17)31(29,30)28-16-22-25(20-7-5-6-8-24(20)28)27-23-14-11-18(2)15-21(23)26(22,3)4/h5-15,22,25,27H,16H2,1-4H3/t22-,25+/m1/s1. The maximum atomic E-state index is 13.8. The molecule has 31 heavy (non-hydrogen) atoms. The molecule has 0 spiro atoms. The maximum Gasteiger partial charge on any atom is 0.264 e. The Morgan fingerprint density at radius 2 is 1.61 bits per heavy atom. The molecule has 2 aliphatic rings. The van der Waals surface area contributed by atoms with Crippen LogP contribution in [0.2, 0.25) is 0 Å². The van der Waals surface area contributed by atoms with E-state index in [2.05, 4.69) is 50.4 Å². The Balaban J connectivity index is 1.67. The van der Waals surface area contributed by atoms with Gasteiger partial charge in [0.2, 0.25) is 0 Å². The molecular weight excluding hydrogens is 404 g/mol. The summed E-state index contributed by atoms with van der Waals surface area (Å²) in [7, 11) is -3.67. The van der Waals surface area contributed by atoms with E-state index in [0.29, 0.717) is 11.4 Å². The van der Waals surface area contributed by atoms with Gasteiger partial charge in [-0.05, 0) is 54.7 Å². The van der Waals surface area contributed by atoms with Crippen molar-refractivity contribution in [3.05, 3.63) is 89.0 Å². The van der Waals surface area contributed by atoms with Crippen LogP contribution in [0.5, 0.6) is 0 Å². The Morgan fingerprint density at radius 3 is 2.35 bits per heavy atom. The maximum absolute atomic E-state index is 13.8. The van der Waals surface area contributed by atoms with Crippen molar-refractivity contribution in [2.24, 2.45) is 5.92 Å². The van der Waals surface area contributed by atoms with Gasteiger partial charge in [0.15, 0.2) is 0 Å². The third-order valence-electron chi connectivity index (χ3n) is 7.02. The lowest BCUT2D eigenvalue weighted by Crippen LogP contribution is -2.52. The molecule has 3 aromatic rings. The lowest BCUT2D eigenvalue weighted by molar-refractivity contribution is 0.269. The zero-order chi connectivity index (χ0) is 22.0. The van der Waals surface area contributed by atoms with E-state index in [0.717, 1.165) is 22.5 Å². The lowest BCUT2D eigenvalue weighted by atomic mass is 9.64. The second kappa shape index (κ2) is 6.86. The molecule has 0 saturated carbocycles. The average molecular weight is 433 g/mol. The van der Waals surface area contributed by atoms with E-state index in [1.54, 1.807) is 16.4 Å². The van der Waals surface area contributed by atoms with Crippen LogP contribution in [0.4, 0.5) is 11.4 Å². The van der Waals surface area contributed by atoms with E-state index in [1.807, 2.05) is 37.3 Å². The molecule has 2 aliphatic heterocycles. The van der Waals surface area contributed by atoms with Crippen molar-refractivity contribution in [1.82, 2.24) is 0 Å². The summed E-state index contributed by atoms with van der Waals surface area (Å²) in [6.45, 7) is 8.99. The van der Waals surface area contributed by atoms with Crippen LogP contribution in [-0.2, 0) is 15.4 Å². The third kappa shape index (κ3) is 3.06. The first-order chi connectivity index (χ1) is 14.7. The highest BCUT2D eigenvalue weighted by Gasteiger charge is 2.49. The predicted molar refractivity (Wildman–Crippen MR) is 126 cm³/mol. The molecule has 1 N–H and O–H groups in total. The molecule has 0 unspecified atom stereocenters. The normalized spacial score (nSPS) is 21.5. The smallest absolute Gasteiger partial charge is 0.264 e. The van der Waals surface area contributed by atoms with Gasteiger partial charge < -0.3 is 5.32 Å². The van der Waals surface area contributed by atoms with Crippen LogP contribution in [0.25, 0.3) is 0 Å². The Bertz CT molecular complexity index is 1260. The van der Waals surface area contributed by atoms with Gasteiger partial charge in [0.1, 0.15) is 0 Å². The summed E-state index contributed by atoms with van der Waals surface area (Å²) < 4.78 is 29.1. The molecule has 3 aromatic carbocycles. The molecule has 2 heterocycles. The van der Waals surface area contributed by atoms with E-state index < -0.39 is 10.0 Å². The first-order valence-electron chi connectivity index (χ1n) is 10.8. The van der Waals surface area contributed by atoms with E-state index in [9.17, 15) is 8.42 Å². The van der Waals surface area contributed by atoms with Crippen LogP contribution in [0.1, 0.15) is 42.1 Å². The largest absolute Gasteiger partial charge is 0.378 e. The zero-order valence-corrected chi connectivity index (χ0v) is 19.2. The van der Waals surface area contributed by atoms with Gasteiger partial charge in [0, 0.05) is 18.2 Å². The van der Waals surface area contributed by atoms with Crippen LogP contribution < -0.4 is 9.62 Å². The number of para-hydroxylation sites is 1. The summed E-state index contributed by atoms with van der Waals surface area (Å²) in [6, 6.07) is 21.6. The molecular formula is C26H28N2O2S. The number of fused-ring (bicyclic) bond motifs is 4. The van der Waals surface area contributed by atoms with Gasteiger partial charge in [0.05, 0.1) is 16.6 Å².